The highest BCUT2D eigenvalue weighted by molar-refractivity contribution is 6.02. The van der Waals surface area contributed by atoms with Crippen molar-refractivity contribution in [3.05, 3.63) is 72.2 Å². The van der Waals surface area contributed by atoms with Crippen LogP contribution in [-0.2, 0) is 11.2 Å². The summed E-state index contributed by atoms with van der Waals surface area (Å²) in [5.74, 6) is 0.737. The lowest BCUT2D eigenvalue weighted by molar-refractivity contribution is -0.114. The average Bonchev–Trinajstić information content (AvgIpc) is 3.29. The molecule has 0 fully saturated rings. The maximum absolute atomic E-state index is 11.3. The highest BCUT2D eigenvalue weighted by Gasteiger charge is 2.18. The van der Waals surface area contributed by atoms with Gasteiger partial charge in [-0.05, 0) is 48.2 Å². The van der Waals surface area contributed by atoms with Crippen LogP contribution in [0.4, 0.5) is 17.2 Å². The van der Waals surface area contributed by atoms with Gasteiger partial charge in [0.2, 0.25) is 5.91 Å². The summed E-state index contributed by atoms with van der Waals surface area (Å²) in [6.07, 6.45) is 7.03. The lowest BCUT2D eigenvalue weighted by Gasteiger charge is -2.11. The van der Waals surface area contributed by atoms with Crippen molar-refractivity contribution >= 4 is 34.5 Å². The molecule has 5 rings (SSSR count). The minimum atomic E-state index is -0.103. The van der Waals surface area contributed by atoms with Gasteiger partial charge in [0.1, 0.15) is 11.5 Å². The second kappa shape index (κ2) is 7.11. The summed E-state index contributed by atoms with van der Waals surface area (Å²) in [7, 11) is 0. The molecule has 0 atom stereocenters. The first-order valence-electron chi connectivity index (χ1n) is 9.76. The number of carbonyl (C=O) groups is 1. The summed E-state index contributed by atoms with van der Waals surface area (Å²) in [5, 5.41) is 14.3. The van der Waals surface area contributed by atoms with Crippen molar-refractivity contribution in [2.45, 2.75) is 19.8 Å². The van der Waals surface area contributed by atoms with Crippen LogP contribution >= 0.6 is 0 Å². The standard InChI is InChI=1S/C23H20N6O/c1-14(30)26-17-5-2-15(3-6-17)22-23(29-11-10-25-13-21(29)28-22)27-18-7-8-19-16(12-18)4-9-20(19)24/h2-3,5-8,10-13,24,27H,4,9H2,1H3,(H,26,30). The Morgan fingerprint density at radius 2 is 1.90 bits per heavy atom. The predicted molar refractivity (Wildman–Crippen MR) is 118 cm³/mol. The molecule has 7 heteroatoms. The summed E-state index contributed by atoms with van der Waals surface area (Å²) < 4.78 is 1.97. The first-order valence-corrected chi connectivity index (χ1v) is 9.76. The zero-order valence-corrected chi connectivity index (χ0v) is 16.4. The summed E-state index contributed by atoms with van der Waals surface area (Å²) >= 11 is 0. The number of aromatic nitrogens is 3. The fourth-order valence-corrected chi connectivity index (χ4v) is 3.85. The number of fused-ring (bicyclic) bond motifs is 2. The molecule has 0 spiro atoms. The molecule has 7 nitrogen and oxygen atoms in total. The van der Waals surface area contributed by atoms with Gasteiger partial charge in [0, 0.05) is 42.0 Å². The highest BCUT2D eigenvalue weighted by Crippen LogP contribution is 2.33. The Morgan fingerprint density at radius 3 is 2.70 bits per heavy atom. The molecule has 1 aliphatic carbocycles. The Hall–Kier alpha value is -4.00. The first-order chi connectivity index (χ1) is 14.6. The van der Waals surface area contributed by atoms with E-state index in [4.69, 9.17) is 10.4 Å². The largest absolute Gasteiger partial charge is 0.339 e. The van der Waals surface area contributed by atoms with Crippen LogP contribution in [0.15, 0.2) is 61.1 Å². The van der Waals surface area contributed by atoms with Crippen LogP contribution in [0.3, 0.4) is 0 Å². The first kappa shape index (κ1) is 18.1. The van der Waals surface area contributed by atoms with Gasteiger partial charge in [-0.25, -0.2) is 4.98 Å². The fraction of sp³-hybridized carbons (Fsp3) is 0.130. The molecule has 0 unspecified atom stereocenters. The van der Waals surface area contributed by atoms with E-state index in [0.717, 1.165) is 52.5 Å². The fourth-order valence-electron chi connectivity index (χ4n) is 3.85. The van der Waals surface area contributed by atoms with E-state index in [9.17, 15) is 4.79 Å². The summed E-state index contributed by atoms with van der Waals surface area (Å²) in [5.41, 5.74) is 7.11. The van der Waals surface area contributed by atoms with E-state index in [-0.39, 0.29) is 5.91 Å². The molecule has 2 aromatic heterocycles. The zero-order valence-electron chi connectivity index (χ0n) is 16.4. The number of rotatable bonds is 4. The third-order valence-electron chi connectivity index (χ3n) is 5.25. The molecular weight excluding hydrogens is 376 g/mol. The van der Waals surface area contributed by atoms with E-state index >= 15 is 0 Å². The van der Waals surface area contributed by atoms with E-state index in [1.54, 1.807) is 12.4 Å². The summed E-state index contributed by atoms with van der Waals surface area (Å²) in [4.78, 5) is 20.2. The number of anilines is 3. The Labute approximate surface area is 173 Å². The molecule has 0 aliphatic heterocycles. The Morgan fingerprint density at radius 1 is 1.10 bits per heavy atom. The van der Waals surface area contributed by atoms with Crippen LogP contribution < -0.4 is 10.6 Å². The number of nitrogens with one attached hydrogen (secondary N) is 3. The average molecular weight is 396 g/mol. The number of amides is 1. The molecule has 0 bridgehead atoms. The molecule has 0 radical (unpaired) electrons. The van der Waals surface area contributed by atoms with Gasteiger partial charge < -0.3 is 16.0 Å². The molecule has 2 aromatic carbocycles. The maximum Gasteiger partial charge on any atom is 0.221 e. The van der Waals surface area contributed by atoms with Crippen molar-refractivity contribution in [2.24, 2.45) is 0 Å². The van der Waals surface area contributed by atoms with Gasteiger partial charge in [-0.1, -0.05) is 18.2 Å². The van der Waals surface area contributed by atoms with Crippen LogP contribution in [0.1, 0.15) is 24.5 Å². The third kappa shape index (κ3) is 3.20. The second-order valence-corrected chi connectivity index (χ2v) is 7.35. The third-order valence-corrected chi connectivity index (χ3v) is 5.25. The highest BCUT2D eigenvalue weighted by atomic mass is 16.1. The van der Waals surface area contributed by atoms with Crippen molar-refractivity contribution in [1.29, 1.82) is 5.41 Å². The van der Waals surface area contributed by atoms with E-state index in [2.05, 4.69) is 21.7 Å². The number of nitrogens with zero attached hydrogens (tertiary/aromatic N) is 3. The van der Waals surface area contributed by atoms with Gasteiger partial charge in [0.05, 0.1) is 6.20 Å². The van der Waals surface area contributed by atoms with Crippen LogP contribution in [0, 0.1) is 5.41 Å². The number of benzene rings is 2. The molecule has 4 aromatic rings. The second-order valence-electron chi connectivity index (χ2n) is 7.35. The van der Waals surface area contributed by atoms with E-state index in [1.807, 2.05) is 47.0 Å². The molecule has 3 N–H and O–H groups in total. The van der Waals surface area contributed by atoms with Crippen molar-refractivity contribution in [2.75, 3.05) is 10.6 Å². The number of hydrogen-bond acceptors (Lipinski definition) is 5. The minimum Gasteiger partial charge on any atom is -0.339 e. The molecule has 2 heterocycles. The SMILES string of the molecule is CC(=O)Nc1ccc(-c2nc3cnccn3c2Nc2ccc3c(c2)CCC3=N)cc1. The van der Waals surface area contributed by atoms with Gasteiger partial charge >= 0.3 is 0 Å². The lowest BCUT2D eigenvalue weighted by Crippen LogP contribution is -2.05. The van der Waals surface area contributed by atoms with Crippen LogP contribution in [0.2, 0.25) is 0 Å². The van der Waals surface area contributed by atoms with Gasteiger partial charge in [-0.3, -0.25) is 14.2 Å². The van der Waals surface area contributed by atoms with Crippen molar-refractivity contribution in [3.63, 3.8) is 0 Å². The zero-order chi connectivity index (χ0) is 20.7. The van der Waals surface area contributed by atoms with Gasteiger partial charge in [0.15, 0.2) is 5.65 Å². The Bertz CT molecular complexity index is 1290. The number of imidazole rings is 1. The molecular formula is C23H20N6O. The molecule has 148 valence electrons. The Kier molecular flexibility index (Phi) is 4.28. The van der Waals surface area contributed by atoms with Gasteiger partial charge in [0.25, 0.3) is 0 Å². The predicted octanol–water partition coefficient (Wildman–Crippen LogP) is 4.41. The quantitative estimate of drug-likeness (QED) is 0.476. The topological polar surface area (TPSA) is 95.2 Å². The van der Waals surface area contributed by atoms with Crippen LogP contribution in [0.5, 0.6) is 0 Å². The van der Waals surface area contributed by atoms with Crippen molar-refractivity contribution < 1.29 is 4.79 Å². The van der Waals surface area contributed by atoms with Crippen LogP contribution in [0.25, 0.3) is 16.9 Å². The maximum atomic E-state index is 11.3. The number of carbonyl (C=O) groups excluding carboxylic acids is 1. The van der Waals surface area contributed by atoms with Gasteiger partial charge in [-0.15, -0.1) is 0 Å². The molecule has 0 saturated heterocycles. The molecule has 1 amide bonds. The van der Waals surface area contributed by atoms with Crippen molar-refractivity contribution in [1.82, 2.24) is 14.4 Å². The normalized spacial score (nSPS) is 12.8. The Balaban J connectivity index is 1.56. The lowest BCUT2D eigenvalue weighted by atomic mass is 10.1. The monoisotopic (exact) mass is 396 g/mol. The van der Waals surface area contributed by atoms with E-state index < -0.39 is 0 Å². The van der Waals surface area contributed by atoms with E-state index in [1.165, 1.54) is 12.5 Å². The van der Waals surface area contributed by atoms with Gasteiger partial charge in [-0.2, -0.15) is 0 Å². The number of aryl methyl sites for hydroxylation is 1. The smallest absolute Gasteiger partial charge is 0.221 e. The molecule has 0 saturated carbocycles. The van der Waals surface area contributed by atoms with E-state index in [0.29, 0.717) is 5.71 Å². The number of hydrogen-bond donors (Lipinski definition) is 3. The molecule has 1 aliphatic rings. The van der Waals surface area contributed by atoms with Crippen molar-refractivity contribution in [3.8, 4) is 11.3 Å². The minimum absolute atomic E-state index is 0.103. The summed E-state index contributed by atoms with van der Waals surface area (Å²) in [6, 6.07) is 13.7. The molecule has 30 heavy (non-hydrogen) atoms. The van der Waals surface area contributed by atoms with Crippen LogP contribution in [-0.4, -0.2) is 26.0 Å². The summed E-state index contributed by atoms with van der Waals surface area (Å²) in [6.45, 7) is 1.49.